The molecule has 0 aliphatic rings. The molecule has 0 bridgehead atoms. The number of nitrogens with two attached hydrogens (primary N) is 1. The molecular weight excluding hydrogens is 262 g/mol. The highest BCUT2D eigenvalue weighted by molar-refractivity contribution is 5.85. The molecule has 0 saturated carbocycles. The Kier molecular flexibility index (Phi) is 5.19. The summed E-state index contributed by atoms with van der Waals surface area (Å²) in [5.41, 5.74) is 5.48. The third kappa shape index (κ3) is 4.04. The van der Waals surface area contributed by atoms with Crippen molar-refractivity contribution in [2.45, 2.75) is 13.8 Å². The third-order valence-electron chi connectivity index (χ3n) is 2.63. The summed E-state index contributed by atoms with van der Waals surface area (Å²) in [7, 11) is 0. The number of nitro groups is 1. The second kappa shape index (κ2) is 6.65. The van der Waals surface area contributed by atoms with Gasteiger partial charge in [-0.3, -0.25) is 19.7 Å². The van der Waals surface area contributed by atoms with Crippen LogP contribution in [0.25, 0.3) is 0 Å². The summed E-state index contributed by atoms with van der Waals surface area (Å²) in [6, 6.07) is 4.17. The van der Waals surface area contributed by atoms with Crippen LogP contribution in [-0.4, -0.2) is 30.2 Å². The maximum Gasteiger partial charge on any atom is 0.280 e. The van der Waals surface area contributed by atoms with Gasteiger partial charge in [-0.1, -0.05) is 13.8 Å². The zero-order valence-corrected chi connectivity index (χ0v) is 11.4. The minimum Gasteiger partial charge on any atom is -0.368 e. The van der Waals surface area contributed by atoms with Crippen LogP contribution in [0.3, 0.4) is 0 Å². The molecule has 0 saturated heterocycles. The van der Waals surface area contributed by atoms with Crippen LogP contribution in [0.1, 0.15) is 24.2 Å². The number of carbonyl (C=O) groups is 2. The van der Waals surface area contributed by atoms with Gasteiger partial charge in [-0.05, 0) is 18.1 Å². The molecular formula is C13H17N3O4. The van der Waals surface area contributed by atoms with E-state index < -0.39 is 10.8 Å². The van der Waals surface area contributed by atoms with E-state index in [4.69, 9.17) is 5.73 Å². The Balaban J connectivity index is 3.16. The molecule has 20 heavy (non-hydrogen) atoms. The predicted molar refractivity (Wildman–Crippen MR) is 74.7 cm³/mol. The molecule has 0 atom stereocenters. The third-order valence-corrected chi connectivity index (χ3v) is 2.63. The smallest absolute Gasteiger partial charge is 0.280 e. The highest BCUT2D eigenvalue weighted by Crippen LogP contribution is 2.24. The Morgan fingerprint density at radius 3 is 2.60 bits per heavy atom. The number of aldehydes is 1. The topological polar surface area (TPSA) is 107 Å². The Morgan fingerprint density at radius 2 is 2.15 bits per heavy atom. The minimum atomic E-state index is -0.617. The SMILES string of the molecule is CC(C)CN(CC(N)=O)c1ccc([N+](=O)[O-])c(C=O)c1. The van der Waals surface area contributed by atoms with Crippen molar-refractivity contribution in [2.75, 3.05) is 18.0 Å². The Labute approximate surface area is 116 Å². The van der Waals surface area contributed by atoms with Crippen molar-refractivity contribution in [1.29, 1.82) is 0 Å². The van der Waals surface area contributed by atoms with Crippen molar-refractivity contribution in [2.24, 2.45) is 11.7 Å². The zero-order chi connectivity index (χ0) is 15.3. The normalized spacial score (nSPS) is 10.3. The molecule has 0 radical (unpaired) electrons. The van der Waals surface area contributed by atoms with Gasteiger partial charge < -0.3 is 10.6 Å². The quantitative estimate of drug-likeness (QED) is 0.460. The fourth-order valence-electron chi connectivity index (χ4n) is 1.89. The van der Waals surface area contributed by atoms with E-state index in [0.29, 0.717) is 18.5 Å². The molecule has 0 fully saturated rings. The van der Waals surface area contributed by atoms with Gasteiger partial charge >= 0.3 is 0 Å². The van der Waals surface area contributed by atoms with Gasteiger partial charge in [0.1, 0.15) is 0 Å². The molecule has 0 aromatic heterocycles. The first-order chi connectivity index (χ1) is 9.35. The van der Waals surface area contributed by atoms with E-state index in [1.165, 1.54) is 18.2 Å². The van der Waals surface area contributed by atoms with Crippen molar-refractivity contribution < 1.29 is 14.5 Å². The van der Waals surface area contributed by atoms with Gasteiger partial charge in [-0.25, -0.2) is 0 Å². The number of hydrogen-bond acceptors (Lipinski definition) is 5. The summed E-state index contributed by atoms with van der Waals surface area (Å²) >= 11 is 0. The van der Waals surface area contributed by atoms with Crippen LogP contribution in [0, 0.1) is 16.0 Å². The number of rotatable bonds is 7. The lowest BCUT2D eigenvalue weighted by Crippen LogP contribution is -2.36. The van der Waals surface area contributed by atoms with Crippen molar-refractivity contribution in [1.82, 2.24) is 0 Å². The monoisotopic (exact) mass is 279 g/mol. The molecule has 7 heteroatoms. The fourth-order valence-corrected chi connectivity index (χ4v) is 1.89. The van der Waals surface area contributed by atoms with E-state index in [1.807, 2.05) is 13.8 Å². The van der Waals surface area contributed by atoms with Gasteiger partial charge in [-0.15, -0.1) is 0 Å². The van der Waals surface area contributed by atoms with Crippen LogP contribution in [0.15, 0.2) is 18.2 Å². The second-order valence-electron chi connectivity index (χ2n) is 4.86. The van der Waals surface area contributed by atoms with Crippen LogP contribution < -0.4 is 10.6 Å². The molecule has 0 heterocycles. The molecule has 108 valence electrons. The first kappa shape index (κ1) is 15.6. The standard InChI is InChI=1S/C13H17N3O4/c1-9(2)6-15(7-13(14)18)11-3-4-12(16(19)20)10(5-11)8-17/h3-5,8-9H,6-7H2,1-2H3,(H2,14,18). The molecule has 1 aromatic carbocycles. The molecule has 0 aliphatic heterocycles. The van der Waals surface area contributed by atoms with Crippen LogP contribution in [-0.2, 0) is 4.79 Å². The molecule has 1 aromatic rings. The van der Waals surface area contributed by atoms with Crippen LogP contribution in [0.5, 0.6) is 0 Å². The van der Waals surface area contributed by atoms with E-state index in [9.17, 15) is 19.7 Å². The number of primary amides is 1. The highest BCUT2D eigenvalue weighted by Gasteiger charge is 2.17. The largest absolute Gasteiger partial charge is 0.368 e. The van der Waals surface area contributed by atoms with E-state index in [2.05, 4.69) is 0 Å². The molecule has 1 amide bonds. The maximum absolute atomic E-state index is 11.1. The number of nitrogens with zero attached hydrogens (tertiary/aromatic N) is 2. The van der Waals surface area contributed by atoms with Gasteiger partial charge in [-0.2, -0.15) is 0 Å². The van der Waals surface area contributed by atoms with Gasteiger partial charge in [0.2, 0.25) is 5.91 Å². The van der Waals surface area contributed by atoms with E-state index in [1.54, 1.807) is 4.90 Å². The fraction of sp³-hybridized carbons (Fsp3) is 0.385. The predicted octanol–water partition coefficient (Wildman–Crippen LogP) is 1.35. The summed E-state index contributed by atoms with van der Waals surface area (Å²) in [6.07, 6.45) is 0.430. The Bertz CT molecular complexity index is 528. The molecule has 1 rings (SSSR count). The molecule has 2 N–H and O–H groups in total. The molecule has 0 spiro atoms. The van der Waals surface area contributed by atoms with Gasteiger partial charge in [0.15, 0.2) is 6.29 Å². The highest BCUT2D eigenvalue weighted by atomic mass is 16.6. The minimum absolute atomic E-state index is 0.00567. The summed E-state index contributed by atoms with van der Waals surface area (Å²) in [6.45, 7) is 4.49. The summed E-state index contributed by atoms with van der Waals surface area (Å²) in [4.78, 5) is 33.9. The number of benzene rings is 1. The van der Waals surface area contributed by atoms with Crippen molar-refractivity contribution in [3.05, 3.63) is 33.9 Å². The average molecular weight is 279 g/mol. The summed E-state index contributed by atoms with van der Waals surface area (Å²) in [5, 5.41) is 10.8. The van der Waals surface area contributed by atoms with Crippen molar-refractivity contribution in [3.63, 3.8) is 0 Å². The van der Waals surface area contributed by atoms with E-state index >= 15 is 0 Å². The lowest BCUT2D eigenvalue weighted by molar-refractivity contribution is -0.385. The van der Waals surface area contributed by atoms with Crippen LogP contribution in [0.2, 0.25) is 0 Å². The van der Waals surface area contributed by atoms with Gasteiger partial charge in [0, 0.05) is 18.3 Å². The second-order valence-corrected chi connectivity index (χ2v) is 4.86. The Hall–Kier alpha value is -2.44. The lowest BCUT2D eigenvalue weighted by atomic mass is 10.1. The van der Waals surface area contributed by atoms with Gasteiger partial charge in [0.25, 0.3) is 5.69 Å². The number of hydrogen-bond donors (Lipinski definition) is 1. The van der Waals surface area contributed by atoms with Crippen LogP contribution >= 0.6 is 0 Å². The first-order valence-electron chi connectivity index (χ1n) is 6.12. The lowest BCUT2D eigenvalue weighted by Gasteiger charge is -2.25. The molecule has 0 unspecified atom stereocenters. The van der Waals surface area contributed by atoms with Crippen molar-refractivity contribution >= 4 is 23.6 Å². The van der Waals surface area contributed by atoms with E-state index in [-0.39, 0.29) is 23.7 Å². The van der Waals surface area contributed by atoms with Gasteiger partial charge in [0.05, 0.1) is 17.0 Å². The Morgan fingerprint density at radius 1 is 1.50 bits per heavy atom. The summed E-state index contributed by atoms with van der Waals surface area (Å²) < 4.78 is 0. The number of amides is 1. The number of nitro benzene ring substituents is 1. The average Bonchev–Trinajstić information content (AvgIpc) is 2.35. The van der Waals surface area contributed by atoms with Crippen LogP contribution in [0.4, 0.5) is 11.4 Å². The molecule has 0 aliphatic carbocycles. The molecule has 7 nitrogen and oxygen atoms in total. The van der Waals surface area contributed by atoms with E-state index in [0.717, 1.165) is 0 Å². The maximum atomic E-state index is 11.1. The first-order valence-corrected chi connectivity index (χ1v) is 6.12. The zero-order valence-electron chi connectivity index (χ0n) is 11.4. The van der Waals surface area contributed by atoms with Crippen molar-refractivity contribution in [3.8, 4) is 0 Å². The summed E-state index contributed by atoms with van der Waals surface area (Å²) in [5.74, 6) is -0.235. The number of carbonyl (C=O) groups excluding carboxylic acids is 2. The number of anilines is 1.